The molecule has 2 aromatic heterocycles. The SMILES string of the molecule is Cc1cccn2cc(-c3ccc(NC(=O)COc4cccc(F)c4)cc3)nc12. The molecule has 0 unspecified atom stereocenters. The molecule has 2 aromatic carbocycles. The van der Waals surface area contributed by atoms with Crippen molar-refractivity contribution in [2.24, 2.45) is 0 Å². The third kappa shape index (κ3) is 3.86. The number of carbonyl (C=O) groups excluding carboxylic acids is 1. The summed E-state index contributed by atoms with van der Waals surface area (Å²) < 4.78 is 20.4. The van der Waals surface area contributed by atoms with Crippen molar-refractivity contribution in [2.75, 3.05) is 11.9 Å². The number of amides is 1. The Balaban J connectivity index is 1.41. The van der Waals surface area contributed by atoms with Gasteiger partial charge >= 0.3 is 0 Å². The summed E-state index contributed by atoms with van der Waals surface area (Å²) in [6.07, 6.45) is 3.94. The zero-order valence-electron chi connectivity index (χ0n) is 15.2. The van der Waals surface area contributed by atoms with Crippen LogP contribution in [0, 0.1) is 12.7 Å². The standard InChI is InChI=1S/C22H18FN3O2/c1-15-4-3-11-26-13-20(25-22(15)26)16-7-9-18(10-8-16)24-21(27)14-28-19-6-2-5-17(23)12-19/h2-13H,14H2,1H3,(H,24,27). The number of benzene rings is 2. The van der Waals surface area contributed by atoms with E-state index in [1.54, 1.807) is 6.07 Å². The molecule has 4 aromatic rings. The number of pyridine rings is 1. The van der Waals surface area contributed by atoms with Crippen LogP contribution >= 0.6 is 0 Å². The predicted molar refractivity (Wildman–Crippen MR) is 106 cm³/mol. The maximum Gasteiger partial charge on any atom is 0.262 e. The van der Waals surface area contributed by atoms with E-state index in [-0.39, 0.29) is 12.5 Å². The fourth-order valence-corrected chi connectivity index (χ4v) is 2.92. The second-order valence-corrected chi connectivity index (χ2v) is 6.42. The van der Waals surface area contributed by atoms with Crippen LogP contribution in [0.5, 0.6) is 5.75 Å². The number of hydrogen-bond acceptors (Lipinski definition) is 3. The monoisotopic (exact) mass is 375 g/mol. The van der Waals surface area contributed by atoms with Crippen molar-refractivity contribution in [1.29, 1.82) is 0 Å². The number of halogens is 1. The average Bonchev–Trinajstić information content (AvgIpc) is 3.13. The molecule has 0 saturated carbocycles. The largest absolute Gasteiger partial charge is 0.484 e. The molecule has 6 heteroatoms. The van der Waals surface area contributed by atoms with Gasteiger partial charge in [0.2, 0.25) is 0 Å². The lowest BCUT2D eigenvalue weighted by molar-refractivity contribution is -0.118. The second-order valence-electron chi connectivity index (χ2n) is 6.42. The highest BCUT2D eigenvalue weighted by Gasteiger charge is 2.08. The van der Waals surface area contributed by atoms with E-state index in [0.717, 1.165) is 22.5 Å². The summed E-state index contributed by atoms with van der Waals surface area (Å²) in [5.74, 6) is -0.413. The molecule has 2 heterocycles. The molecule has 1 amide bonds. The molecular formula is C22H18FN3O2. The Labute approximate surface area is 161 Å². The highest BCUT2D eigenvalue weighted by molar-refractivity contribution is 5.92. The Bertz CT molecular complexity index is 1140. The number of aryl methyl sites for hydroxylation is 1. The molecule has 4 rings (SSSR count). The summed E-state index contributed by atoms with van der Waals surface area (Å²) >= 11 is 0. The van der Waals surface area contributed by atoms with Crippen molar-refractivity contribution in [2.45, 2.75) is 6.92 Å². The van der Waals surface area contributed by atoms with Gasteiger partial charge in [-0.2, -0.15) is 0 Å². The molecule has 5 nitrogen and oxygen atoms in total. The molecule has 0 bridgehead atoms. The number of imidazole rings is 1. The van der Waals surface area contributed by atoms with Gasteiger partial charge in [0.05, 0.1) is 5.69 Å². The van der Waals surface area contributed by atoms with Crippen LogP contribution in [0.3, 0.4) is 0 Å². The van der Waals surface area contributed by atoms with Gasteiger partial charge in [0.1, 0.15) is 17.2 Å². The first-order valence-corrected chi connectivity index (χ1v) is 8.81. The number of carbonyl (C=O) groups is 1. The maximum atomic E-state index is 13.1. The third-order valence-electron chi connectivity index (χ3n) is 4.31. The van der Waals surface area contributed by atoms with Crippen molar-refractivity contribution < 1.29 is 13.9 Å². The number of rotatable bonds is 5. The molecule has 140 valence electrons. The molecular weight excluding hydrogens is 357 g/mol. The lowest BCUT2D eigenvalue weighted by atomic mass is 10.1. The number of nitrogens with one attached hydrogen (secondary N) is 1. The van der Waals surface area contributed by atoms with Gasteiger partial charge in [-0.3, -0.25) is 4.79 Å². The lowest BCUT2D eigenvalue weighted by Crippen LogP contribution is -2.20. The quantitative estimate of drug-likeness (QED) is 0.560. The zero-order chi connectivity index (χ0) is 19.5. The van der Waals surface area contributed by atoms with E-state index in [9.17, 15) is 9.18 Å². The van der Waals surface area contributed by atoms with Gasteiger partial charge in [-0.25, -0.2) is 9.37 Å². The van der Waals surface area contributed by atoms with Gasteiger partial charge in [-0.05, 0) is 42.8 Å². The normalized spacial score (nSPS) is 10.8. The van der Waals surface area contributed by atoms with Crippen LogP contribution in [0.4, 0.5) is 10.1 Å². The zero-order valence-corrected chi connectivity index (χ0v) is 15.2. The summed E-state index contributed by atoms with van der Waals surface area (Å²) in [7, 11) is 0. The van der Waals surface area contributed by atoms with E-state index < -0.39 is 5.82 Å². The summed E-state index contributed by atoms with van der Waals surface area (Å²) in [6.45, 7) is 1.83. The molecule has 0 aliphatic heterocycles. The van der Waals surface area contributed by atoms with Crippen molar-refractivity contribution in [1.82, 2.24) is 9.38 Å². The minimum absolute atomic E-state index is 0.198. The van der Waals surface area contributed by atoms with Gasteiger partial charge < -0.3 is 14.5 Å². The minimum atomic E-state index is -0.407. The van der Waals surface area contributed by atoms with Crippen molar-refractivity contribution >= 4 is 17.2 Å². The second kappa shape index (κ2) is 7.52. The highest BCUT2D eigenvalue weighted by Crippen LogP contribution is 2.22. The Morgan fingerprint density at radius 2 is 1.96 bits per heavy atom. The van der Waals surface area contributed by atoms with Crippen LogP contribution < -0.4 is 10.1 Å². The Kier molecular flexibility index (Phi) is 4.76. The van der Waals surface area contributed by atoms with Crippen LogP contribution in [0.1, 0.15) is 5.56 Å². The van der Waals surface area contributed by atoms with Crippen LogP contribution in [0.2, 0.25) is 0 Å². The van der Waals surface area contributed by atoms with E-state index in [1.165, 1.54) is 18.2 Å². The first-order valence-electron chi connectivity index (χ1n) is 8.81. The fourth-order valence-electron chi connectivity index (χ4n) is 2.92. The van der Waals surface area contributed by atoms with E-state index in [1.807, 2.05) is 60.1 Å². The van der Waals surface area contributed by atoms with Crippen LogP contribution in [-0.2, 0) is 4.79 Å². The predicted octanol–water partition coefficient (Wildman–Crippen LogP) is 4.47. The summed E-state index contributed by atoms with van der Waals surface area (Å²) in [4.78, 5) is 16.7. The summed E-state index contributed by atoms with van der Waals surface area (Å²) in [5, 5.41) is 2.76. The lowest BCUT2D eigenvalue weighted by Gasteiger charge is -2.08. The Hall–Kier alpha value is -3.67. The van der Waals surface area contributed by atoms with E-state index in [2.05, 4.69) is 10.3 Å². The van der Waals surface area contributed by atoms with Crippen molar-refractivity contribution in [3.63, 3.8) is 0 Å². The van der Waals surface area contributed by atoms with Crippen molar-refractivity contribution in [3.8, 4) is 17.0 Å². The number of fused-ring (bicyclic) bond motifs is 1. The van der Waals surface area contributed by atoms with Gasteiger partial charge in [-0.1, -0.05) is 24.3 Å². The molecule has 0 atom stereocenters. The molecule has 0 saturated heterocycles. The third-order valence-corrected chi connectivity index (χ3v) is 4.31. The van der Waals surface area contributed by atoms with Gasteiger partial charge in [0.25, 0.3) is 5.91 Å². The molecule has 0 radical (unpaired) electrons. The molecule has 28 heavy (non-hydrogen) atoms. The van der Waals surface area contributed by atoms with Crippen molar-refractivity contribution in [3.05, 3.63) is 84.4 Å². The molecule has 0 aliphatic rings. The molecule has 1 N–H and O–H groups in total. The maximum absolute atomic E-state index is 13.1. The van der Waals surface area contributed by atoms with E-state index in [4.69, 9.17) is 4.74 Å². The average molecular weight is 375 g/mol. The first kappa shape index (κ1) is 17.7. The molecule has 0 spiro atoms. The fraction of sp³-hybridized carbons (Fsp3) is 0.0909. The highest BCUT2D eigenvalue weighted by atomic mass is 19.1. The van der Waals surface area contributed by atoms with E-state index in [0.29, 0.717) is 11.4 Å². The van der Waals surface area contributed by atoms with Crippen LogP contribution in [0.25, 0.3) is 16.9 Å². The minimum Gasteiger partial charge on any atom is -0.484 e. The number of hydrogen-bond donors (Lipinski definition) is 1. The van der Waals surface area contributed by atoms with Gasteiger partial charge in [-0.15, -0.1) is 0 Å². The molecule has 0 fully saturated rings. The number of aromatic nitrogens is 2. The number of ether oxygens (including phenoxy) is 1. The summed E-state index contributed by atoms with van der Waals surface area (Å²) in [5.41, 5.74) is 4.50. The molecule has 0 aliphatic carbocycles. The first-order chi connectivity index (χ1) is 13.6. The Morgan fingerprint density at radius 1 is 1.14 bits per heavy atom. The number of anilines is 1. The van der Waals surface area contributed by atoms with E-state index >= 15 is 0 Å². The van der Waals surface area contributed by atoms with Gasteiger partial charge in [0.15, 0.2) is 6.61 Å². The topological polar surface area (TPSA) is 55.6 Å². The van der Waals surface area contributed by atoms with Gasteiger partial charge in [0, 0.05) is 29.7 Å². The number of nitrogens with zero attached hydrogens (tertiary/aromatic N) is 2. The smallest absolute Gasteiger partial charge is 0.262 e. The van der Waals surface area contributed by atoms with Crippen LogP contribution in [-0.4, -0.2) is 21.9 Å². The summed E-state index contributed by atoms with van der Waals surface area (Å²) in [6, 6.07) is 17.1. The Morgan fingerprint density at radius 3 is 2.71 bits per heavy atom. The van der Waals surface area contributed by atoms with Crippen LogP contribution in [0.15, 0.2) is 73.1 Å².